The van der Waals surface area contributed by atoms with E-state index in [-0.39, 0.29) is 0 Å². The van der Waals surface area contributed by atoms with Crippen molar-refractivity contribution in [1.82, 2.24) is 24.9 Å². The molecule has 72 heavy (non-hydrogen) atoms. The van der Waals surface area contributed by atoms with Crippen molar-refractivity contribution in [3.8, 4) is 90.3 Å². The van der Waals surface area contributed by atoms with E-state index in [9.17, 15) is 0 Å². The summed E-state index contributed by atoms with van der Waals surface area (Å²) < 4.78 is 13.3. The van der Waals surface area contributed by atoms with Gasteiger partial charge in [-0.25, -0.2) is 24.9 Å². The lowest BCUT2D eigenvalue weighted by atomic mass is 9.98. The maximum atomic E-state index is 6.83. The van der Waals surface area contributed by atoms with Crippen LogP contribution in [-0.4, -0.2) is 24.9 Å². The van der Waals surface area contributed by atoms with Gasteiger partial charge in [-0.1, -0.05) is 188 Å². The number of furan rings is 2. The quantitative estimate of drug-likeness (QED) is 0.150. The molecule has 0 saturated carbocycles. The van der Waals surface area contributed by atoms with Crippen molar-refractivity contribution in [3.63, 3.8) is 0 Å². The summed E-state index contributed by atoms with van der Waals surface area (Å²) in [6.07, 6.45) is 0. The Bertz CT molecular complexity index is 4390. The summed E-state index contributed by atoms with van der Waals surface area (Å²) in [5, 5.41) is 6.52. The fourth-order valence-electron chi connectivity index (χ4n) is 9.96. The predicted molar refractivity (Wildman–Crippen MR) is 291 cm³/mol. The Kier molecular flexibility index (Phi) is 9.70. The highest BCUT2D eigenvalue weighted by Gasteiger charge is 2.20. The molecule has 0 unspecified atom stereocenters. The van der Waals surface area contributed by atoms with E-state index < -0.39 is 0 Å². The predicted octanol–water partition coefficient (Wildman–Crippen LogP) is 16.9. The molecule has 0 atom stereocenters. The summed E-state index contributed by atoms with van der Waals surface area (Å²) in [5.41, 5.74) is 14.3. The number of aromatic nitrogens is 5. The largest absolute Gasteiger partial charge is 0.456 e. The molecule has 336 valence electrons. The number of benzene rings is 10. The van der Waals surface area contributed by atoms with Crippen molar-refractivity contribution in [1.29, 1.82) is 0 Å². The van der Waals surface area contributed by atoms with Gasteiger partial charge >= 0.3 is 0 Å². The van der Waals surface area contributed by atoms with Crippen molar-refractivity contribution in [3.05, 3.63) is 237 Å². The Balaban J connectivity index is 0.862. The number of hydrogen-bond acceptors (Lipinski definition) is 7. The molecule has 0 radical (unpaired) electrons. The van der Waals surface area contributed by atoms with Gasteiger partial charge in [0.15, 0.2) is 23.3 Å². The highest BCUT2D eigenvalue weighted by molar-refractivity contribution is 6.13. The molecule has 0 N–H and O–H groups in total. The van der Waals surface area contributed by atoms with E-state index in [0.29, 0.717) is 23.3 Å². The van der Waals surface area contributed by atoms with Crippen molar-refractivity contribution < 1.29 is 8.83 Å². The molecule has 0 saturated heterocycles. The molecule has 0 bridgehead atoms. The van der Waals surface area contributed by atoms with Crippen LogP contribution in [0.5, 0.6) is 0 Å². The van der Waals surface area contributed by atoms with Crippen LogP contribution in [0.25, 0.3) is 145 Å². The maximum absolute atomic E-state index is 6.83. The fraction of sp³-hybridized carbons (Fsp3) is 0. The third-order valence-electron chi connectivity index (χ3n) is 13.5. The van der Waals surface area contributed by atoms with E-state index in [1.165, 1.54) is 5.39 Å². The molecule has 0 fully saturated rings. The molecule has 0 amide bonds. The highest BCUT2D eigenvalue weighted by atomic mass is 16.3. The van der Waals surface area contributed by atoms with Crippen LogP contribution in [0.1, 0.15) is 0 Å². The van der Waals surface area contributed by atoms with Crippen LogP contribution in [0, 0.1) is 0 Å². The number of nitrogens with zero attached hydrogens (tertiary/aromatic N) is 5. The molecule has 7 heteroatoms. The summed E-state index contributed by atoms with van der Waals surface area (Å²) in [4.78, 5) is 25.8. The summed E-state index contributed by atoms with van der Waals surface area (Å²) in [5.74, 6) is 2.29. The molecule has 0 aliphatic carbocycles. The lowest BCUT2D eigenvalue weighted by Gasteiger charge is -2.12. The second kappa shape index (κ2) is 17.0. The van der Waals surface area contributed by atoms with Gasteiger partial charge in [-0.05, 0) is 76.0 Å². The lowest BCUT2D eigenvalue weighted by molar-refractivity contribution is 0.669. The highest BCUT2D eigenvalue weighted by Crippen LogP contribution is 2.41. The van der Waals surface area contributed by atoms with Crippen LogP contribution in [0.2, 0.25) is 0 Å². The first-order valence-corrected chi connectivity index (χ1v) is 24.0. The zero-order chi connectivity index (χ0) is 47.5. The lowest BCUT2D eigenvalue weighted by Crippen LogP contribution is -2.00. The maximum Gasteiger partial charge on any atom is 0.167 e. The molecule has 14 aromatic rings. The van der Waals surface area contributed by atoms with Gasteiger partial charge in [-0.2, -0.15) is 0 Å². The van der Waals surface area contributed by atoms with Gasteiger partial charge in [0.1, 0.15) is 22.3 Å². The summed E-state index contributed by atoms with van der Waals surface area (Å²) in [7, 11) is 0. The second-order valence-electron chi connectivity index (χ2n) is 18.0. The molecule has 7 nitrogen and oxygen atoms in total. The Hall–Kier alpha value is -9.85. The average molecular weight is 922 g/mol. The Labute approximate surface area is 413 Å². The molecular weight excluding hydrogens is 883 g/mol. The zero-order valence-electron chi connectivity index (χ0n) is 38.6. The van der Waals surface area contributed by atoms with E-state index in [2.05, 4.69) is 146 Å². The van der Waals surface area contributed by atoms with Crippen LogP contribution >= 0.6 is 0 Å². The van der Waals surface area contributed by atoms with E-state index >= 15 is 0 Å². The van der Waals surface area contributed by atoms with Crippen LogP contribution in [-0.2, 0) is 0 Å². The van der Waals surface area contributed by atoms with Gasteiger partial charge in [0.2, 0.25) is 0 Å². The summed E-state index contributed by atoms with van der Waals surface area (Å²) in [6, 6.07) is 81.0. The second-order valence-corrected chi connectivity index (χ2v) is 18.0. The minimum atomic E-state index is 0.527. The van der Waals surface area contributed by atoms with Crippen LogP contribution < -0.4 is 0 Å². The van der Waals surface area contributed by atoms with Crippen LogP contribution in [0.15, 0.2) is 245 Å². The van der Waals surface area contributed by atoms with Crippen molar-refractivity contribution in [2.75, 3.05) is 0 Å². The monoisotopic (exact) mass is 921 g/mol. The van der Waals surface area contributed by atoms with E-state index in [1.807, 2.05) is 91.0 Å². The smallest absolute Gasteiger partial charge is 0.167 e. The van der Waals surface area contributed by atoms with Gasteiger partial charge in [0.05, 0.1) is 17.0 Å². The van der Waals surface area contributed by atoms with Crippen molar-refractivity contribution >= 4 is 54.6 Å². The molecule has 4 heterocycles. The van der Waals surface area contributed by atoms with Crippen molar-refractivity contribution in [2.24, 2.45) is 0 Å². The Morgan fingerprint density at radius 1 is 0.236 bits per heavy atom. The van der Waals surface area contributed by atoms with Crippen LogP contribution in [0.4, 0.5) is 0 Å². The van der Waals surface area contributed by atoms with Crippen LogP contribution in [0.3, 0.4) is 0 Å². The number of fused-ring (bicyclic) bond motifs is 7. The Morgan fingerprint density at radius 2 is 0.708 bits per heavy atom. The zero-order valence-corrected chi connectivity index (χ0v) is 38.6. The van der Waals surface area contributed by atoms with E-state index in [0.717, 1.165) is 116 Å². The molecule has 14 rings (SSSR count). The number of rotatable bonds is 8. The SMILES string of the molecule is c1ccc(-c2nc(-c3cccc(-c4cccc(-c5nc(-c6ccccc6)nc(-c6cccc7c6oc6c(-c8ccccc8)cccc67)n5)c4)c3)cc(-c3ccc4c(c3)oc3cc5ccccc5cc34)n2)cc1. The number of para-hydroxylation sites is 2. The van der Waals surface area contributed by atoms with Gasteiger partial charge in [-0.3, -0.25) is 0 Å². The summed E-state index contributed by atoms with van der Waals surface area (Å²) in [6.45, 7) is 0. The van der Waals surface area contributed by atoms with E-state index in [1.54, 1.807) is 0 Å². The first kappa shape index (κ1) is 41.2. The molecular formula is C65H39N5O2. The van der Waals surface area contributed by atoms with Gasteiger partial charge in [0, 0.05) is 54.9 Å². The fourth-order valence-corrected chi connectivity index (χ4v) is 9.96. The third-order valence-corrected chi connectivity index (χ3v) is 13.5. The minimum absolute atomic E-state index is 0.527. The Morgan fingerprint density at radius 3 is 1.39 bits per heavy atom. The normalized spacial score (nSPS) is 11.6. The summed E-state index contributed by atoms with van der Waals surface area (Å²) >= 11 is 0. The van der Waals surface area contributed by atoms with Gasteiger partial charge < -0.3 is 8.83 Å². The number of hydrogen-bond donors (Lipinski definition) is 0. The topological polar surface area (TPSA) is 90.7 Å². The molecule has 0 aliphatic rings. The first-order valence-electron chi connectivity index (χ1n) is 24.0. The standard InChI is InChI=1S/C65H39N5O2/c1-4-16-40(17-5-1)50-28-14-29-52-53-30-15-31-54(61(53)72-60(50)52)65-69-63(42-20-8-3-9-21-42)68-64(70-65)49-27-13-25-44(35-49)43-24-12-26-47(34-43)56-39-57(67-62(66-56)41-18-6-2-7-19-41)48-32-33-51-55-36-45-22-10-11-23-46(45)37-59(55)71-58(51)38-48/h1-39H. The molecule has 10 aromatic carbocycles. The van der Waals surface area contributed by atoms with Crippen molar-refractivity contribution in [2.45, 2.75) is 0 Å². The van der Waals surface area contributed by atoms with Gasteiger partial charge in [-0.15, -0.1) is 0 Å². The minimum Gasteiger partial charge on any atom is -0.456 e. The molecule has 0 aliphatic heterocycles. The molecule has 4 aromatic heterocycles. The average Bonchev–Trinajstić information content (AvgIpc) is 4.03. The van der Waals surface area contributed by atoms with E-state index in [4.69, 9.17) is 33.8 Å². The third kappa shape index (κ3) is 7.27. The van der Waals surface area contributed by atoms with Gasteiger partial charge in [0.25, 0.3) is 0 Å². The first-order chi connectivity index (χ1) is 35.6. The molecule has 0 spiro atoms.